The Morgan fingerprint density at radius 1 is 1.16 bits per heavy atom. The molecule has 0 aromatic heterocycles. The van der Waals surface area contributed by atoms with Crippen molar-refractivity contribution in [3.63, 3.8) is 0 Å². The van der Waals surface area contributed by atoms with E-state index in [0.29, 0.717) is 17.9 Å². The van der Waals surface area contributed by atoms with E-state index in [1.807, 2.05) is 19.0 Å². The minimum absolute atomic E-state index is 0.0782. The van der Waals surface area contributed by atoms with E-state index in [4.69, 9.17) is 4.74 Å². The van der Waals surface area contributed by atoms with Crippen molar-refractivity contribution in [1.29, 1.82) is 0 Å². The average molecular weight is 349 g/mol. The van der Waals surface area contributed by atoms with Gasteiger partial charge in [0.1, 0.15) is 11.8 Å². The average Bonchev–Trinajstić information content (AvgIpc) is 2.54. The van der Waals surface area contributed by atoms with E-state index in [-0.39, 0.29) is 11.7 Å². The Morgan fingerprint density at radius 2 is 1.84 bits per heavy atom. The van der Waals surface area contributed by atoms with Crippen molar-refractivity contribution in [3.8, 4) is 5.75 Å². The second-order valence-electron chi connectivity index (χ2n) is 6.17. The molecule has 0 radical (unpaired) electrons. The summed E-state index contributed by atoms with van der Waals surface area (Å²) in [7, 11) is 3.83. The Morgan fingerprint density at radius 3 is 2.44 bits per heavy atom. The van der Waals surface area contributed by atoms with Crippen LogP contribution in [0.5, 0.6) is 5.75 Å². The number of hydrogen-bond donors (Lipinski definition) is 2. The first-order chi connectivity index (χ1) is 11.7. The second-order valence-corrected chi connectivity index (χ2v) is 6.17. The SMILES string of the molecule is CC(=O)c1cccc(O[C@@H](C)C(=O)N[C@@H](C)C(=O)NCCN(C)C)c1. The molecule has 2 atom stereocenters. The third kappa shape index (κ3) is 7.34. The fraction of sp³-hybridized carbons (Fsp3) is 0.500. The Balaban J connectivity index is 2.51. The van der Waals surface area contributed by atoms with Crippen LogP contribution in [-0.4, -0.2) is 61.8 Å². The summed E-state index contributed by atoms with van der Waals surface area (Å²) in [5, 5.41) is 5.37. The number of amides is 2. The van der Waals surface area contributed by atoms with Crippen molar-refractivity contribution in [2.24, 2.45) is 0 Å². The standard InChI is InChI=1S/C18H27N3O4/c1-12(17(23)19-9-10-21(4)5)20-18(24)14(3)25-16-8-6-7-15(11-16)13(2)22/h6-8,11-12,14H,9-10H2,1-5H3,(H,19,23)(H,20,24)/t12-,14-/m0/s1. The Bertz CT molecular complexity index is 616. The van der Waals surface area contributed by atoms with Gasteiger partial charge < -0.3 is 20.3 Å². The molecule has 0 heterocycles. The Labute approximate surface area is 148 Å². The van der Waals surface area contributed by atoms with Crippen molar-refractivity contribution in [2.45, 2.75) is 32.9 Å². The largest absolute Gasteiger partial charge is 0.481 e. The lowest BCUT2D eigenvalue weighted by atomic mass is 10.1. The zero-order chi connectivity index (χ0) is 19.0. The van der Waals surface area contributed by atoms with Crippen LogP contribution in [-0.2, 0) is 9.59 Å². The van der Waals surface area contributed by atoms with Crippen LogP contribution in [0.25, 0.3) is 0 Å². The molecule has 0 bridgehead atoms. The van der Waals surface area contributed by atoms with Crippen molar-refractivity contribution in [3.05, 3.63) is 29.8 Å². The van der Waals surface area contributed by atoms with Gasteiger partial charge in [-0.05, 0) is 47.0 Å². The molecule has 0 unspecified atom stereocenters. The number of carbonyl (C=O) groups excluding carboxylic acids is 3. The topological polar surface area (TPSA) is 87.7 Å². The summed E-state index contributed by atoms with van der Waals surface area (Å²) < 4.78 is 5.56. The molecule has 7 heteroatoms. The van der Waals surface area contributed by atoms with Gasteiger partial charge in [-0.2, -0.15) is 0 Å². The highest BCUT2D eigenvalue weighted by atomic mass is 16.5. The van der Waals surface area contributed by atoms with E-state index in [2.05, 4.69) is 10.6 Å². The first-order valence-corrected chi connectivity index (χ1v) is 8.21. The summed E-state index contributed by atoms with van der Waals surface area (Å²) >= 11 is 0. The van der Waals surface area contributed by atoms with Crippen molar-refractivity contribution < 1.29 is 19.1 Å². The van der Waals surface area contributed by atoms with Crippen LogP contribution in [0, 0.1) is 0 Å². The van der Waals surface area contributed by atoms with Crippen LogP contribution in [0.4, 0.5) is 0 Å². The summed E-state index contributed by atoms with van der Waals surface area (Å²) in [6.45, 7) is 5.90. The zero-order valence-electron chi connectivity index (χ0n) is 15.5. The van der Waals surface area contributed by atoms with E-state index in [0.717, 1.165) is 6.54 Å². The van der Waals surface area contributed by atoms with Gasteiger partial charge in [0.15, 0.2) is 11.9 Å². The van der Waals surface area contributed by atoms with E-state index >= 15 is 0 Å². The lowest BCUT2D eigenvalue weighted by molar-refractivity contribution is -0.132. The number of Topliss-reactive ketones (excluding diaryl/α,β-unsaturated/α-hetero) is 1. The van der Waals surface area contributed by atoms with Crippen LogP contribution in [0.15, 0.2) is 24.3 Å². The number of benzene rings is 1. The maximum absolute atomic E-state index is 12.2. The van der Waals surface area contributed by atoms with Gasteiger partial charge in [-0.3, -0.25) is 14.4 Å². The molecule has 0 spiro atoms. The summed E-state index contributed by atoms with van der Waals surface area (Å²) in [5.41, 5.74) is 0.513. The third-order valence-corrected chi connectivity index (χ3v) is 3.53. The molecule has 1 rings (SSSR count). The second kappa shape index (κ2) is 9.78. The Kier molecular flexibility index (Phi) is 8.07. The maximum Gasteiger partial charge on any atom is 0.261 e. The molecular formula is C18H27N3O4. The number of nitrogens with one attached hydrogen (secondary N) is 2. The molecule has 0 aliphatic rings. The molecule has 138 valence electrons. The molecule has 7 nitrogen and oxygen atoms in total. The molecule has 2 N–H and O–H groups in total. The summed E-state index contributed by atoms with van der Waals surface area (Å²) in [6, 6.07) is 5.97. The predicted octanol–water partition coefficient (Wildman–Crippen LogP) is 0.839. The molecule has 0 saturated heterocycles. The number of carbonyl (C=O) groups is 3. The van der Waals surface area contributed by atoms with Gasteiger partial charge in [-0.15, -0.1) is 0 Å². The van der Waals surface area contributed by atoms with Crippen LogP contribution >= 0.6 is 0 Å². The molecule has 0 aliphatic carbocycles. The third-order valence-electron chi connectivity index (χ3n) is 3.53. The minimum atomic E-state index is -0.792. The van der Waals surface area contributed by atoms with E-state index in [9.17, 15) is 14.4 Å². The quantitative estimate of drug-likeness (QED) is 0.645. The van der Waals surface area contributed by atoms with Gasteiger partial charge in [0, 0.05) is 18.7 Å². The van der Waals surface area contributed by atoms with Gasteiger partial charge in [0.25, 0.3) is 5.91 Å². The lowest BCUT2D eigenvalue weighted by Crippen LogP contribution is -2.49. The predicted molar refractivity (Wildman–Crippen MR) is 95.7 cm³/mol. The molecule has 25 heavy (non-hydrogen) atoms. The summed E-state index contributed by atoms with van der Waals surface area (Å²) in [4.78, 5) is 37.4. The number of hydrogen-bond acceptors (Lipinski definition) is 5. The Hall–Kier alpha value is -2.41. The van der Waals surface area contributed by atoms with Gasteiger partial charge in [0.2, 0.25) is 5.91 Å². The number of nitrogens with zero attached hydrogens (tertiary/aromatic N) is 1. The smallest absolute Gasteiger partial charge is 0.261 e. The van der Waals surface area contributed by atoms with Crippen LogP contribution in [0.3, 0.4) is 0 Å². The zero-order valence-corrected chi connectivity index (χ0v) is 15.5. The number of ketones is 1. The van der Waals surface area contributed by atoms with Crippen molar-refractivity contribution in [2.75, 3.05) is 27.2 Å². The van der Waals surface area contributed by atoms with Gasteiger partial charge in [-0.25, -0.2) is 0 Å². The highest BCUT2D eigenvalue weighted by Crippen LogP contribution is 2.15. The van der Waals surface area contributed by atoms with Crippen molar-refractivity contribution >= 4 is 17.6 Å². The van der Waals surface area contributed by atoms with Gasteiger partial charge in [-0.1, -0.05) is 12.1 Å². The molecular weight excluding hydrogens is 322 g/mol. The number of rotatable bonds is 9. The summed E-state index contributed by atoms with van der Waals surface area (Å²) in [5.74, 6) is -0.298. The molecule has 1 aromatic carbocycles. The lowest BCUT2D eigenvalue weighted by Gasteiger charge is -2.19. The monoisotopic (exact) mass is 349 g/mol. The minimum Gasteiger partial charge on any atom is -0.481 e. The normalized spacial score (nSPS) is 13.0. The molecule has 0 fully saturated rings. The van der Waals surface area contributed by atoms with E-state index < -0.39 is 18.1 Å². The number of likely N-dealkylation sites (N-methyl/N-ethyl adjacent to an activating group) is 1. The fourth-order valence-electron chi connectivity index (χ4n) is 2.00. The molecule has 2 amide bonds. The van der Waals surface area contributed by atoms with Gasteiger partial charge >= 0.3 is 0 Å². The maximum atomic E-state index is 12.2. The van der Waals surface area contributed by atoms with Crippen LogP contribution in [0.1, 0.15) is 31.1 Å². The molecule has 0 saturated carbocycles. The molecule has 1 aromatic rings. The highest BCUT2D eigenvalue weighted by Gasteiger charge is 2.20. The van der Waals surface area contributed by atoms with Crippen LogP contribution < -0.4 is 15.4 Å². The van der Waals surface area contributed by atoms with E-state index in [1.165, 1.54) is 6.92 Å². The molecule has 0 aliphatic heterocycles. The van der Waals surface area contributed by atoms with Gasteiger partial charge in [0.05, 0.1) is 0 Å². The first-order valence-electron chi connectivity index (χ1n) is 8.21. The van der Waals surface area contributed by atoms with Crippen LogP contribution in [0.2, 0.25) is 0 Å². The summed E-state index contributed by atoms with van der Waals surface area (Å²) in [6.07, 6.45) is -0.792. The fourth-order valence-corrected chi connectivity index (χ4v) is 2.00. The first kappa shape index (κ1) is 20.6. The van der Waals surface area contributed by atoms with E-state index in [1.54, 1.807) is 38.1 Å². The van der Waals surface area contributed by atoms with Crippen molar-refractivity contribution in [1.82, 2.24) is 15.5 Å². The number of ether oxygens (including phenoxy) is 1. The highest BCUT2D eigenvalue weighted by molar-refractivity contribution is 5.94.